The van der Waals surface area contributed by atoms with Gasteiger partial charge in [0.1, 0.15) is 6.54 Å². The Hall–Kier alpha value is -1.28. The Morgan fingerprint density at radius 1 is 1.46 bits per heavy atom. The second-order valence-corrected chi connectivity index (χ2v) is 6.48. The molecule has 0 atom stereocenters. The molecule has 0 aliphatic heterocycles. The highest BCUT2D eigenvalue weighted by molar-refractivity contribution is 6.32. The number of hydrogen-bond donors (Lipinski definition) is 1. The van der Waals surface area contributed by atoms with Crippen molar-refractivity contribution in [3.05, 3.63) is 16.4 Å². The lowest BCUT2D eigenvalue weighted by atomic mass is 10.2. The Balaban J connectivity index is 1.95. The zero-order valence-corrected chi connectivity index (χ0v) is 14.4. The van der Waals surface area contributed by atoms with Crippen LogP contribution in [0.15, 0.2) is 0 Å². The van der Waals surface area contributed by atoms with E-state index in [1.807, 2.05) is 13.8 Å². The third kappa shape index (κ3) is 5.11. The summed E-state index contributed by atoms with van der Waals surface area (Å²) >= 11 is 5.86. The van der Waals surface area contributed by atoms with Crippen LogP contribution >= 0.6 is 11.6 Å². The van der Waals surface area contributed by atoms with Crippen molar-refractivity contribution in [1.82, 2.24) is 15.1 Å². The Bertz CT molecular complexity index is 583. The minimum absolute atomic E-state index is 0.0478. The summed E-state index contributed by atoms with van der Waals surface area (Å²) in [6.07, 6.45) is -2.36. The maximum atomic E-state index is 12.9. The van der Waals surface area contributed by atoms with E-state index >= 15 is 0 Å². The highest BCUT2D eigenvalue weighted by Gasteiger charge is 2.42. The van der Waals surface area contributed by atoms with Gasteiger partial charge >= 0.3 is 6.18 Å². The predicted octanol–water partition coefficient (Wildman–Crippen LogP) is 3.36. The Morgan fingerprint density at radius 2 is 2.12 bits per heavy atom. The molecule has 1 fully saturated rings. The van der Waals surface area contributed by atoms with E-state index in [4.69, 9.17) is 16.3 Å². The van der Waals surface area contributed by atoms with Crippen molar-refractivity contribution in [2.75, 3.05) is 13.2 Å². The fraction of sp³-hybridized carbons (Fsp3) is 0.733. The number of nitrogens with zero attached hydrogens (tertiary/aromatic N) is 2. The number of amides is 1. The summed E-state index contributed by atoms with van der Waals surface area (Å²) < 4.78 is 45.3. The lowest BCUT2D eigenvalue weighted by molar-refractivity contribution is -0.141. The van der Waals surface area contributed by atoms with E-state index in [-0.39, 0.29) is 23.6 Å². The standard InChI is InChI=1S/C15H21ClF3N3O2/c1-9(2)24-7-3-6-20-11(23)8-22-13(10-4-5-10)12(16)14(21-22)15(17,18)19/h9-10H,3-8H2,1-2H3,(H,20,23). The molecule has 2 rings (SSSR count). The van der Waals surface area contributed by atoms with E-state index in [2.05, 4.69) is 10.4 Å². The van der Waals surface area contributed by atoms with Gasteiger partial charge < -0.3 is 10.1 Å². The quantitative estimate of drug-likeness (QED) is 0.717. The number of carbonyl (C=O) groups excluding carboxylic acids is 1. The molecule has 5 nitrogen and oxygen atoms in total. The van der Waals surface area contributed by atoms with Crippen molar-refractivity contribution in [1.29, 1.82) is 0 Å². The van der Waals surface area contributed by atoms with E-state index < -0.39 is 17.8 Å². The smallest absolute Gasteiger partial charge is 0.379 e. The number of ether oxygens (including phenoxy) is 1. The average molecular weight is 368 g/mol. The zero-order valence-electron chi connectivity index (χ0n) is 13.6. The molecule has 1 aromatic heterocycles. The Morgan fingerprint density at radius 3 is 2.67 bits per heavy atom. The van der Waals surface area contributed by atoms with Crippen LogP contribution in [0.5, 0.6) is 0 Å². The normalized spacial score (nSPS) is 15.1. The topological polar surface area (TPSA) is 56.1 Å². The van der Waals surface area contributed by atoms with Crippen molar-refractivity contribution in [2.45, 2.75) is 57.9 Å². The first-order valence-corrected chi connectivity index (χ1v) is 8.29. The molecule has 24 heavy (non-hydrogen) atoms. The van der Waals surface area contributed by atoms with Crippen molar-refractivity contribution < 1.29 is 22.7 Å². The maximum Gasteiger partial charge on any atom is 0.436 e. The van der Waals surface area contributed by atoms with E-state index in [0.29, 0.717) is 25.3 Å². The molecule has 1 amide bonds. The Labute approximate surface area is 143 Å². The van der Waals surface area contributed by atoms with Gasteiger partial charge in [-0.3, -0.25) is 9.48 Å². The molecule has 0 bridgehead atoms. The van der Waals surface area contributed by atoms with Crippen LogP contribution in [0.1, 0.15) is 50.4 Å². The van der Waals surface area contributed by atoms with Crippen LogP contribution in [0.25, 0.3) is 0 Å². The summed E-state index contributed by atoms with van der Waals surface area (Å²) in [6, 6.07) is 0. The van der Waals surface area contributed by atoms with Gasteiger partial charge in [0.05, 0.1) is 16.8 Å². The number of nitrogens with one attached hydrogen (secondary N) is 1. The minimum Gasteiger partial charge on any atom is -0.379 e. The van der Waals surface area contributed by atoms with Gasteiger partial charge in [-0.05, 0) is 33.1 Å². The van der Waals surface area contributed by atoms with Crippen LogP contribution < -0.4 is 5.32 Å². The molecule has 1 saturated carbocycles. The van der Waals surface area contributed by atoms with Crippen LogP contribution in [0.4, 0.5) is 13.2 Å². The van der Waals surface area contributed by atoms with Gasteiger partial charge in [0.15, 0.2) is 5.69 Å². The molecule has 1 aromatic rings. The van der Waals surface area contributed by atoms with Crippen molar-refractivity contribution in [3.63, 3.8) is 0 Å². The summed E-state index contributed by atoms with van der Waals surface area (Å²) in [5, 5.41) is 5.79. The second-order valence-electron chi connectivity index (χ2n) is 6.10. The highest BCUT2D eigenvalue weighted by atomic mass is 35.5. The van der Waals surface area contributed by atoms with Gasteiger partial charge in [0, 0.05) is 19.1 Å². The van der Waals surface area contributed by atoms with Gasteiger partial charge in [0.2, 0.25) is 5.91 Å². The maximum absolute atomic E-state index is 12.9. The number of aromatic nitrogens is 2. The van der Waals surface area contributed by atoms with Crippen molar-refractivity contribution in [3.8, 4) is 0 Å². The lowest BCUT2D eigenvalue weighted by Crippen LogP contribution is -2.30. The fourth-order valence-electron chi connectivity index (χ4n) is 2.31. The van der Waals surface area contributed by atoms with Crippen molar-refractivity contribution >= 4 is 17.5 Å². The minimum atomic E-state index is -4.63. The SMILES string of the molecule is CC(C)OCCCNC(=O)Cn1nc(C(F)(F)F)c(Cl)c1C1CC1. The van der Waals surface area contributed by atoms with Crippen LogP contribution in [0.3, 0.4) is 0 Å². The molecule has 0 unspecified atom stereocenters. The average Bonchev–Trinajstić information content (AvgIpc) is 3.22. The molecular formula is C15H21ClF3N3O2. The first-order valence-electron chi connectivity index (χ1n) is 7.91. The van der Waals surface area contributed by atoms with Crippen LogP contribution in [0, 0.1) is 0 Å². The van der Waals surface area contributed by atoms with Crippen LogP contribution in [0.2, 0.25) is 5.02 Å². The van der Waals surface area contributed by atoms with Crippen LogP contribution in [-0.4, -0.2) is 34.9 Å². The molecule has 1 aliphatic rings. The molecular weight excluding hydrogens is 347 g/mol. The monoisotopic (exact) mass is 367 g/mol. The van der Waals surface area contributed by atoms with Crippen molar-refractivity contribution in [2.24, 2.45) is 0 Å². The summed E-state index contributed by atoms with van der Waals surface area (Å²) in [5.74, 6) is -0.442. The first-order chi connectivity index (χ1) is 11.2. The molecule has 0 aromatic carbocycles. The van der Waals surface area contributed by atoms with E-state index in [1.54, 1.807) is 0 Å². The number of hydrogen-bond acceptors (Lipinski definition) is 3. The molecule has 0 saturated heterocycles. The van der Waals surface area contributed by atoms with Gasteiger partial charge in [0.25, 0.3) is 0 Å². The third-order valence-corrected chi connectivity index (χ3v) is 3.92. The number of halogens is 4. The predicted molar refractivity (Wildman–Crippen MR) is 82.9 cm³/mol. The van der Waals surface area contributed by atoms with E-state index in [0.717, 1.165) is 17.5 Å². The van der Waals surface area contributed by atoms with Gasteiger partial charge in [-0.1, -0.05) is 11.6 Å². The Kier molecular flexibility index (Phi) is 6.14. The van der Waals surface area contributed by atoms with Gasteiger partial charge in [-0.15, -0.1) is 0 Å². The molecule has 1 heterocycles. The zero-order chi connectivity index (χ0) is 17.9. The summed E-state index contributed by atoms with van der Waals surface area (Å²) in [7, 11) is 0. The summed E-state index contributed by atoms with van der Waals surface area (Å²) in [5.41, 5.74) is -0.813. The third-order valence-electron chi connectivity index (χ3n) is 3.55. The fourth-order valence-corrected chi connectivity index (χ4v) is 2.71. The molecule has 0 radical (unpaired) electrons. The first kappa shape index (κ1) is 19.1. The van der Waals surface area contributed by atoms with Gasteiger partial charge in [-0.25, -0.2) is 0 Å². The molecule has 0 spiro atoms. The number of rotatable bonds is 8. The molecule has 1 N–H and O–H groups in total. The lowest BCUT2D eigenvalue weighted by Gasteiger charge is -2.09. The summed E-state index contributed by atoms with van der Waals surface area (Å²) in [6.45, 7) is 4.46. The largest absolute Gasteiger partial charge is 0.436 e. The molecule has 9 heteroatoms. The number of alkyl halides is 3. The summed E-state index contributed by atoms with van der Waals surface area (Å²) in [4.78, 5) is 11.9. The van der Waals surface area contributed by atoms with E-state index in [9.17, 15) is 18.0 Å². The van der Waals surface area contributed by atoms with Gasteiger partial charge in [-0.2, -0.15) is 18.3 Å². The number of carbonyl (C=O) groups is 1. The highest BCUT2D eigenvalue weighted by Crippen LogP contribution is 2.46. The molecule has 136 valence electrons. The van der Waals surface area contributed by atoms with E-state index in [1.165, 1.54) is 0 Å². The second kappa shape index (κ2) is 7.74. The van der Waals surface area contributed by atoms with Crippen LogP contribution in [-0.2, 0) is 22.3 Å². The molecule has 1 aliphatic carbocycles.